The molecule has 2 N–H and O–H groups in total. The van der Waals surface area contributed by atoms with Crippen LogP contribution in [0.4, 0.5) is 4.79 Å². The van der Waals surface area contributed by atoms with Gasteiger partial charge in [-0.05, 0) is 73.1 Å². The lowest BCUT2D eigenvalue weighted by Gasteiger charge is -2.17. The van der Waals surface area contributed by atoms with Crippen molar-refractivity contribution in [1.29, 1.82) is 0 Å². The van der Waals surface area contributed by atoms with Gasteiger partial charge in [0.1, 0.15) is 18.1 Å². The summed E-state index contributed by atoms with van der Waals surface area (Å²) in [6, 6.07) is 14.0. The number of aryl methyl sites for hydroxylation is 2. The zero-order valence-electron chi connectivity index (χ0n) is 15.9. The fourth-order valence-corrected chi connectivity index (χ4v) is 3.34. The summed E-state index contributed by atoms with van der Waals surface area (Å²) >= 11 is 0. The molecule has 1 aliphatic carbocycles. The van der Waals surface area contributed by atoms with Gasteiger partial charge in [-0.25, -0.2) is 4.79 Å². The summed E-state index contributed by atoms with van der Waals surface area (Å²) in [7, 11) is 1.65. The second kappa shape index (κ2) is 9.86. The van der Waals surface area contributed by atoms with Crippen LogP contribution in [0.5, 0.6) is 11.5 Å². The minimum Gasteiger partial charge on any atom is -0.497 e. The molecule has 0 aromatic heterocycles. The molecular weight excluding hydrogens is 340 g/mol. The molecule has 0 aliphatic heterocycles. The summed E-state index contributed by atoms with van der Waals surface area (Å²) in [6.07, 6.45) is 5.61. The highest BCUT2D eigenvalue weighted by Crippen LogP contribution is 2.25. The van der Waals surface area contributed by atoms with Crippen molar-refractivity contribution in [2.24, 2.45) is 0 Å². The molecule has 5 nitrogen and oxygen atoms in total. The molecule has 2 aromatic rings. The van der Waals surface area contributed by atoms with Crippen LogP contribution in [-0.4, -0.2) is 32.8 Å². The second-order valence-corrected chi connectivity index (χ2v) is 6.77. The van der Waals surface area contributed by atoms with Crippen molar-refractivity contribution in [3.63, 3.8) is 0 Å². The third-order valence-corrected chi connectivity index (χ3v) is 4.81. The highest BCUT2D eigenvalue weighted by molar-refractivity contribution is 5.73. The summed E-state index contributed by atoms with van der Waals surface area (Å²) in [6.45, 7) is 1.51. The van der Waals surface area contributed by atoms with Crippen LogP contribution in [0, 0.1) is 0 Å². The van der Waals surface area contributed by atoms with Gasteiger partial charge in [-0.1, -0.05) is 18.2 Å². The first kappa shape index (κ1) is 19.1. The molecule has 0 spiro atoms. The highest BCUT2D eigenvalue weighted by atomic mass is 16.5. The van der Waals surface area contributed by atoms with Crippen molar-refractivity contribution < 1.29 is 14.3 Å². The van der Waals surface area contributed by atoms with Crippen LogP contribution in [-0.2, 0) is 19.3 Å². The Balaban J connectivity index is 1.31. The van der Waals surface area contributed by atoms with E-state index >= 15 is 0 Å². The number of benzene rings is 2. The smallest absolute Gasteiger partial charge is 0.314 e. The Kier molecular flexibility index (Phi) is 6.97. The van der Waals surface area contributed by atoms with E-state index in [1.165, 1.54) is 30.4 Å². The van der Waals surface area contributed by atoms with Crippen LogP contribution in [0.15, 0.2) is 42.5 Å². The quantitative estimate of drug-likeness (QED) is 0.701. The Morgan fingerprint density at radius 2 is 1.78 bits per heavy atom. The molecule has 0 radical (unpaired) electrons. The Morgan fingerprint density at radius 3 is 2.63 bits per heavy atom. The first-order valence-electron chi connectivity index (χ1n) is 9.64. The Hall–Kier alpha value is -2.69. The molecule has 3 rings (SSSR count). The number of carbonyl (C=O) groups excluding carboxylic acids is 1. The maximum absolute atomic E-state index is 11.9. The minimum atomic E-state index is -0.174. The number of nitrogens with one attached hydrogen (secondary N) is 2. The predicted octanol–water partition coefficient (Wildman–Crippen LogP) is 3.49. The first-order chi connectivity index (χ1) is 13.2. The largest absolute Gasteiger partial charge is 0.497 e. The number of hydrogen-bond donors (Lipinski definition) is 2. The fourth-order valence-electron chi connectivity index (χ4n) is 3.34. The van der Waals surface area contributed by atoms with E-state index in [0.717, 1.165) is 29.9 Å². The second-order valence-electron chi connectivity index (χ2n) is 6.77. The number of ether oxygens (including phenoxy) is 2. The molecule has 2 amide bonds. The van der Waals surface area contributed by atoms with E-state index in [0.29, 0.717) is 19.7 Å². The van der Waals surface area contributed by atoms with E-state index in [9.17, 15) is 4.79 Å². The van der Waals surface area contributed by atoms with E-state index in [1.807, 2.05) is 30.3 Å². The molecule has 0 fully saturated rings. The molecule has 1 aliphatic rings. The fraction of sp³-hybridized carbons (Fsp3) is 0.409. The highest BCUT2D eigenvalue weighted by Gasteiger charge is 2.09. The zero-order valence-corrected chi connectivity index (χ0v) is 15.9. The van der Waals surface area contributed by atoms with Crippen molar-refractivity contribution in [2.75, 3.05) is 26.8 Å². The average Bonchev–Trinajstić information content (AvgIpc) is 2.71. The van der Waals surface area contributed by atoms with Crippen LogP contribution in [0.25, 0.3) is 0 Å². The lowest BCUT2D eigenvalue weighted by Crippen LogP contribution is -2.38. The van der Waals surface area contributed by atoms with Gasteiger partial charge in [0.2, 0.25) is 0 Å². The van der Waals surface area contributed by atoms with Crippen LogP contribution in [0.2, 0.25) is 0 Å². The van der Waals surface area contributed by atoms with E-state index in [-0.39, 0.29) is 6.03 Å². The van der Waals surface area contributed by atoms with Gasteiger partial charge in [0.25, 0.3) is 0 Å². The van der Waals surface area contributed by atoms with E-state index in [1.54, 1.807) is 7.11 Å². The van der Waals surface area contributed by atoms with Crippen molar-refractivity contribution in [3.05, 3.63) is 59.2 Å². The maximum atomic E-state index is 11.9. The number of rotatable bonds is 8. The molecule has 27 heavy (non-hydrogen) atoms. The third kappa shape index (κ3) is 5.91. The van der Waals surface area contributed by atoms with E-state index < -0.39 is 0 Å². The van der Waals surface area contributed by atoms with Crippen molar-refractivity contribution in [1.82, 2.24) is 10.6 Å². The van der Waals surface area contributed by atoms with Crippen LogP contribution in [0.1, 0.15) is 29.5 Å². The number of hydrogen-bond acceptors (Lipinski definition) is 3. The summed E-state index contributed by atoms with van der Waals surface area (Å²) in [5, 5.41) is 5.69. The first-order valence-corrected chi connectivity index (χ1v) is 9.64. The number of methoxy groups -OCH3 is 1. The van der Waals surface area contributed by atoms with Gasteiger partial charge in [-0.3, -0.25) is 0 Å². The normalized spacial score (nSPS) is 12.8. The van der Waals surface area contributed by atoms with Crippen molar-refractivity contribution in [3.8, 4) is 11.5 Å². The monoisotopic (exact) mass is 368 g/mol. The summed E-state index contributed by atoms with van der Waals surface area (Å²) in [4.78, 5) is 11.9. The van der Waals surface area contributed by atoms with E-state index in [2.05, 4.69) is 22.8 Å². The van der Waals surface area contributed by atoms with Gasteiger partial charge in [0, 0.05) is 6.54 Å². The topological polar surface area (TPSA) is 59.6 Å². The van der Waals surface area contributed by atoms with Gasteiger partial charge in [-0.2, -0.15) is 0 Å². The molecular formula is C22H28N2O3. The van der Waals surface area contributed by atoms with Crippen LogP contribution >= 0.6 is 0 Å². The van der Waals surface area contributed by atoms with E-state index in [4.69, 9.17) is 9.47 Å². The third-order valence-electron chi connectivity index (χ3n) is 4.81. The number of amides is 2. The Labute approximate surface area is 161 Å². The van der Waals surface area contributed by atoms with Gasteiger partial charge in [-0.15, -0.1) is 0 Å². The predicted molar refractivity (Wildman–Crippen MR) is 107 cm³/mol. The van der Waals surface area contributed by atoms with Gasteiger partial charge in [0.05, 0.1) is 13.7 Å². The number of fused-ring (bicyclic) bond motifs is 1. The molecule has 0 bridgehead atoms. The lowest BCUT2D eigenvalue weighted by molar-refractivity contribution is 0.236. The molecule has 0 heterocycles. The van der Waals surface area contributed by atoms with Crippen LogP contribution in [0.3, 0.4) is 0 Å². The molecule has 0 saturated carbocycles. The van der Waals surface area contributed by atoms with Gasteiger partial charge >= 0.3 is 6.03 Å². The standard InChI is InChI=1S/C22H28N2O3/c1-26-20-8-4-5-17(15-20)11-12-23-22(25)24-13-14-27-21-10-9-18-6-2-3-7-19(18)16-21/h4-5,8-10,15-16H,2-3,6-7,11-14H2,1H3,(H2,23,24,25). The van der Waals surface area contributed by atoms with Crippen LogP contribution < -0.4 is 20.1 Å². The number of urea groups is 1. The maximum Gasteiger partial charge on any atom is 0.314 e. The molecule has 144 valence electrons. The molecule has 2 aromatic carbocycles. The lowest BCUT2D eigenvalue weighted by atomic mass is 9.92. The van der Waals surface area contributed by atoms with Gasteiger partial charge < -0.3 is 20.1 Å². The molecule has 0 atom stereocenters. The van der Waals surface area contributed by atoms with Crippen molar-refractivity contribution in [2.45, 2.75) is 32.1 Å². The van der Waals surface area contributed by atoms with Crippen molar-refractivity contribution >= 4 is 6.03 Å². The molecule has 0 unspecified atom stereocenters. The summed E-state index contributed by atoms with van der Waals surface area (Å²) < 4.78 is 11.0. The Morgan fingerprint density at radius 1 is 0.963 bits per heavy atom. The summed E-state index contributed by atoms with van der Waals surface area (Å²) in [5.41, 5.74) is 3.98. The average molecular weight is 368 g/mol. The summed E-state index contributed by atoms with van der Waals surface area (Å²) in [5.74, 6) is 1.71. The van der Waals surface area contributed by atoms with Gasteiger partial charge in [0.15, 0.2) is 0 Å². The zero-order chi connectivity index (χ0) is 18.9. The molecule has 0 saturated heterocycles. The Bertz CT molecular complexity index is 761. The minimum absolute atomic E-state index is 0.174. The molecule has 5 heteroatoms. The number of carbonyl (C=O) groups is 1. The SMILES string of the molecule is COc1cccc(CCNC(=O)NCCOc2ccc3c(c2)CCCC3)c1.